The molecule has 7 heteroatoms. The summed E-state index contributed by atoms with van der Waals surface area (Å²) in [5.41, 5.74) is 7.10. The van der Waals surface area contributed by atoms with Gasteiger partial charge in [0, 0.05) is 29.1 Å². The zero-order chi connectivity index (χ0) is 19.8. The maximum absolute atomic E-state index is 11.8. The van der Waals surface area contributed by atoms with Crippen molar-refractivity contribution in [3.8, 4) is 0 Å². The number of amides is 2. The lowest BCUT2D eigenvalue weighted by molar-refractivity contribution is -0.148. The Morgan fingerprint density at radius 2 is 1.68 bits per heavy atom. The summed E-state index contributed by atoms with van der Waals surface area (Å²) in [5, 5.41) is 1.14. The molecule has 0 spiro atoms. The summed E-state index contributed by atoms with van der Waals surface area (Å²) in [4.78, 5) is 38.5. The van der Waals surface area contributed by atoms with Gasteiger partial charge in [-0.15, -0.1) is 0 Å². The highest BCUT2D eigenvalue weighted by atomic mass is 16.5. The predicted octanol–water partition coefficient (Wildman–Crippen LogP) is 2.50. The van der Waals surface area contributed by atoms with Crippen LogP contribution in [0.3, 0.4) is 0 Å². The molecule has 0 saturated carbocycles. The first kappa shape index (κ1) is 19.2. The summed E-state index contributed by atoms with van der Waals surface area (Å²) in [5.74, 6) is -1.50. The molecule has 0 radical (unpaired) electrons. The van der Waals surface area contributed by atoms with E-state index in [-0.39, 0.29) is 6.42 Å². The minimum atomic E-state index is -0.603. The highest BCUT2D eigenvalue weighted by molar-refractivity contribution is 5.95. The molecule has 0 atom stereocenters. The number of carbonyl (C=O) groups excluding carboxylic acids is 3. The Labute approximate surface area is 162 Å². The molecule has 3 N–H and O–H groups in total. The average Bonchev–Trinajstić information content (AvgIpc) is 3.14. The summed E-state index contributed by atoms with van der Waals surface area (Å²) in [6.07, 6.45) is 3.51. The van der Waals surface area contributed by atoms with Gasteiger partial charge in [0.25, 0.3) is 11.8 Å². The number of hydrogen-bond acceptors (Lipinski definition) is 4. The number of esters is 1. The molecule has 0 fully saturated rings. The van der Waals surface area contributed by atoms with Gasteiger partial charge in [0.15, 0.2) is 6.61 Å². The second-order valence-corrected chi connectivity index (χ2v) is 6.24. The maximum Gasteiger partial charge on any atom is 0.306 e. The van der Waals surface area contributed by atoms with Gasteiger partial charge in [0.1, 0.15) is 0 Å². The number of hydrogen-bond donors (Lipinski definition) is 3. The first-order chi connectivity index (χ1) is 13.6. The van der Waals surface area contributed by atoms with Crippen LogP contribution in [0.4, 0.5) is 0 Å². The molecule has 1 aromatic heterocycles. The minimum absolute atomic E-state index is 0.211. The number of H-pyrrole nitrogens is 1. The van der Waals surface area contributed by atoms with E-state index in [1.165, 1.54) is 0 Å². The fourth-order valence-electron chi connectivity index (χ4n) is 2.80. The van der Waals surface area contributed by atoms with Crippen molar-refractivity contribution in [2.45, 2.75) is 19.3 Å². The molecular weight excluding hydrogens is 358 g/mol. The smallest absolute Gasteiger partial charge is 0.306 e. The van der Waals surface area contributed by atoms with Crippen LogP contribution >= 0.6 is 0 Å². The summed E-state index contributed by atoms with van der Waals surface area (Å²) in [6.45, 7) is -0.443. The second-order valence-electron chi connectivity index (χ2n) is 6.24. The molecule has 0 saturated heterocycles. The number of hydrazine groups is 1. The molecule has 1 heterocycles. The lowest BCUT2D eigenvalue weighted by Gasteiger charge is -2.08. The summed E-state index contributed by atoms with van der Waals surface area (Å²) < 4.78 is 4.94. The average molecular weight is 379 g/mol. The number of aromatic nitrogens is 1. The van der Waals surface area contributed by atoms with E-state index in [0.29, 0.717) is 12.0 Å². The number of nitrogens with one attached hydrogen (secondary N) is 3. The Kier molecular flexibility index (Phi) is 6.41. The van der Waals surface area contributed by atoms with Crippen LogP contribution in [0, 0.1) is 0 Å². The third-order valence-electron chi connectivity index (χ3n) is 4.22. The first-order valence-corrected chi connectivity index (χ1v) is 8.98. The van der Waals surface area contributed by atoms with Gasteiger partial charge in [-0.05, 0) is 36.6 Å². The van der Waals surface area contributed by atoms with Crippen LogP contribution in [0.5, 0.6) is 0 Å². The SMILES string of the molecule is O=C(COC(=O)CCCc1c[nH]c2ccccc12)NNC(=O)c1ccccc1. The minimum Gasteiger partial charge on any atom is -0.455 e. The quantitative estimate of drug-likeness (QED) is 0.434. The van der Waals surface area contributed by atoms with Gasteiger partial charge in [0.2, 0.25) is 0 Å². The Hall–Kier alpha value is -3.61. The van der Waals surface area contributed by atoms with Gasteiger partial charge < -0.3 is 9.72 Å². The topological polar surface area (TPSA) is 100 Å². The van der Waals surface area contributed by atoms with Crippen LogP contribution < -0.4 is 10.9 Å². The lowest BCUT2D eigenvalue weighted by atomic mass is 10.1. The van der Waals surface area contributed by atoms with E-state index in [4.69, 9.17) is 4.74 Å². The molecule has 0 aliphatic carbocycles. The molecule has 7 nitrogen and oxygen atoms in total. The van der Waals surface area contributed by atoms with Crippen LogP contribution in [-0.2, 0) is 20.7 Å². The zero-order valence-electron chi connectivity index (χ0n) is 15.2. The molecular formula is C21H21N3O4. The zero-order valence-corrected chi connectivity index (χ0v) is 15.2. The maximum atomic E-state index is 11.8. The lowest BCUT2D eigenvalue weighted by Crippen LogP contribution is -2.43. The molecule has 2 amide bonds. The van der Waals surface area contributed by atoms with Crippen molar-refractivity contribution >= 4 is 28.7 Å². The Morgan fingerprint density at radius 1 is 0.929 bits per heavy atom. The summed E-state index contributed by atoms with van der Waals surface area (Å²) in [7, 11) is 0. The normalized spacial score (nSPS) is 10.4. The van der Waals surface area contributed by atoms with Gasteiger partial charge in [-0.1, -0.05) is 36.4 Å². The second kappa shape index (κ2) is 9.36. The predicted molar refractivity (Wildman–Crippen MR) is 104 cm³/mol. The highest BCUT2D eigenvalue weighted by Gasteiger charge is 2.10. The molecule has 28 heavy (non-hydrogen) atoms. The van der Waals surface area contributed by atoms with E-state index < -0.39 is 24.4 Å². The summed E-state index contributed by atoms with van der Waals surface area (Å²) in [6, 6.07) is 16.4. The van der Waals surface area contributed by atoms with E-state index in [1.807, 2.05) is 30.5 Å². The van der Waals surface area contributed by atoms with Gasteiger partial charge in [-0.25, -0.2) is 0 Å². The third kappa shape index (κ3) is 5.20. The van der Waals surface area contributed by atoms with E-state index in [2.05, 4.69) is 15.8 Å². The van der Waals surface area contributed by atoms with Gasteiger partial charge in [-0.3, -0.25) is 25.2 Å². The van der Waals surface area contributed by atoms with Crippen molar-refractivity contribution < 1.29 is 19.1 Å². The number of rotatable bonds is 7. The van der Waals surface area contributed by atoms with Crippen molar-refractivity contribution in [3.05, 3.63) is 71.9 Å². The van der Waals surface area contributed by atoms with Crippen LogP contribution in [0.25, 0.3) is 10.9 Å². The van der Waals surface area contributed by atoms with E-state index in [1.54, 1.807) is 30.3 Å². The monoisotopic (exact) mass is 379 g/mol. The Balaban J connectivity index is 1.34. The van der Waals surface area contributed by atoms with Crippen molar-refractivity contribution in [1.82, 2.24) is 15.8 Å². The van der Waals surface area contributed by atoms with Crippen molar-refractivity contribution in [1.29, 1.82) is 0 Å². The van der Waals surface area contributed by atoms with E-state index in [0.717, 1.165) is 22.9 Å². The fourth-order valence-corrected chi connectivity index (χ4v) is 2.80. The standard InChI is InChI=1S/C21H21N3O4/c25-19(23-24-21(27)15-7-2-1-3-8-15)14-28-20(26)12-6-9-16-13-22-18-11-5-4-10-17(16)18/h1-5,7-8,10-11,13,22H,6,9,12,14H2,(H,23,25)(H,24,27). The molecule has 0 bridgehead atoms. The van der Waals surface area contributed by atoms with Crippen LogP contribution in [0.2, 0.25) is 0 Å². The Morgan fingerprint density at radius 3 is 2.50 bits per heavy atom. The van der Waals surface area contributed by atoms with Crippen LogP contribution in [-0.4, -0.2) is 29.4 Å². The Bertz CT molecular complexity index is 966. The number of benzene rings is 2. The highest BCUT2D eigenvalue weighted by Crippen LogP contribution is 2.19. The van der Waals surface area contributed by atoms with Crippen LogP contribution in [0.15, 0.2) is 60.8 Å². The number of para-hydroxylation sites is 1. The molecule has 0 unspecified atom stereocenters. The molecule has 2 aromatic carbocycles. The van der Waals surface area contributed by atoms with Crippen molar-refractivity contribution in [2.75, 3.05) is 6.61 Å². The fraction of sp³-hybridized carbons (Fsp3) is 0.190. The first-order valence-electron chi connectivity index (χ1n) is 8.98. The number of aryl methyl sites for hydroxylation is 1. The van der Waals surface area contributed by atoms with Crippen LogP contribution in [0.1, 0.15) is 28.8 Å². The molecule has 0 aliphatic heterocycles. The molecule has 3 rings (SSSR count). The van der Waals surface area contributed by atoms with Gasteiger partial charge in [0.05, 0.1) is 0 Å². The van der Waals surface area contributed by atoms with Gasteiger partial charge >= 0.3 is 5.97 Å². The van der Waals surface area contributed by atoms with Crippen molar-refractivity contribution in [3.63, 3.8) is 0 Å². The number of ether oxygens (including phenoxy) is 1. The molecule has 144 valence electrons. The largest absolute Gasteiger partial charge is 0.455 e. The summed E-state index contributed by atoms with van der Waals surface area (Å²) >= 11 is 0. The van der Waals surface area contributed by atoms with E-state index >= 15 is 0 Å². The molecule has 0 aliphatic rings. The van der Waals surface area contributed by atoms with Gasteiger partial charge in [-0.2, -0.15) is 0 Å². The van der Waals surface area contributed by atoms with Crippen molar-refractivity contribution in [2.24, 2.45) is 0 Å². The number of carbonyl (C=O) groups is 3. The number of fused-ring (bicyclic) bond motifs is 1. The molecule has 3 aromatic rings. The third-order valence-corrected chi connectivity index (χ3v) is 4.22. The number of aromatic amines is 1. The van der Waals surface area contributed by atoms with E-state index in [9.17, 15) is 14.4 Å².